The molecule has 0 atom stereocenters. The highest BCUT2D eigenvalue weighted by atomic mass is 35.5. The van der Waals surface area contributed by atoms with Crippen LogP contribution in [-0.4, -0.2) is 30.8 Å². The highest BCUT2D eigenvalue weighted by Gasteiger charge is 2.14. The van der Waals surface area contributed by atoms with E-state index in [9.17, 15) is 0 Å². The number of oxime groups is 2. The van der Waals surface area contributed by atoms with Gasteiger partial charge in [0.25, 0.3) is 0 Å². The summed E-state index contributed by atoms with van der Waals surface area (Å²) in [6.45, 7) is 2.12. The summed E-state index contributed by atoms with van der Waals surface area (Å²) in [7, 11) is 3.05. The first-order valence-electron chi connectivity index (χ1n) is 7.81. The largest absolute Gasteiger partial charge is 0.399 e. The van der Waals surface area contributed by atoms with Crippen LogP contribution in [0.2, 0.25) is 5.02 Å². The quantitative estimate of drug-likeness (QED) is 0.497. The molecule has 136 valence electrons. The van der Waals surface area contributed by atoms with Crippen molar-refractivity contribution in [2.24, 2.45) is 15.3 Å². The van der Waals surface area contributed by atoms with Crippen molar-refractivity contribution in [3.8, 4) is 0 Å². The monoisotopic (exact) mass is 391 g/mol. The predicted molar refractivity (Wildman–Crippen MR) is 108 cm³/mol. The molecule has 0 amide bonds. The van der Waals surface area contributed by atoms with E-state index in [4.69, 9.17) is 32.9 Å². The zero-order valence-electron chi connectivity index (χ0n) is 14.7. The lowest BCUT2D eigenvalue weighted by Crippen LogP contribution is -2.13. The summed E-state index contributed by atoms with van der Waals surface area (Å²) in [5.41, 5.74) is 3.75. The fourth-order valence-electron chi connectivity index (χ4n) is 2.21. The van der Waals surface area contributed by atoms with Crippen LogP contribution in [-0.2, 0) is 16.3 Å². The molecule has 0 aromatic heterocycles. The van der Waals surface area contributed by atoms with Crippen LogP contribution in [0.1, 0.15) is 23.6 Å². The van der Waals surface area contributed by atoms with E-state index < -0.39 is 0 Å². The number of aliphatic imine (C=N–C) groups is 1. The Morgan fingerprint density at radius 2 is 1.73 bits per heavy atom. The van der Waals surface area contributed by atoms with Gasteiger partial charge in [-0.15, -0.1) is 0 Å². The molecule has 2 rings (SSSR count). The van der Waals surface area contributed by atoms with Crippen molar-refractivity contribution in [2.45, 2.75) is 13.5 Å². The molecule has 0 saturated heterocycles. The summed E-state index contributed by atoms with van der Waals surface area (Å²) in [6.07, 6.45) is 0. The maximum absolute atomic E-state index is 6.15. The average Bonchev–Trinajstić information content (AvgIpc) is 2.66. The summed E-state index contributed by atoms with van der Waals surface area (Å²) in [4.78, 5) is 14.4. The Labute approximate surface area is 162 Å². The number of nitrogens with zero attached hydrogens (tertiary/aromatic N) is 3. The highest BCUT2D eigenvalue weighted by Crippen LogP contribution is 2.15. The van der Waals surface area contributed by atoms with E-state index in [-0.39, 0.29) is 11.8 Å². The molecule has 0 spiro atoms. The molecule has 0 N–H and O–H groups in total. The minimum absolute atomic E-state index is 0.248. The van der Waals surface area contributed by atoms with Crippen molar-refractivity contribution in [3.63, 3.8) is 0 Å². The predicted octanol–water partition coefficient (Wildman–Crippen LogP) is 4.90. The molecule has 26 heavy (non-hydrogen) atoms. The van der Waals surface area contributed by atoms with Crippen LogP contribution in [0.4, 0.5) is 0 Å². The van der Waals surface area contributed by atoms with E-state index in [2.05, 4.69) is 15.3 Å². The summed E-state index contributed by atoms with van der Waals surface area (Å²) < 4.78 is 0. The first-order chi connectivity index (χ1) is 12.6. The first-order valence-corrected chi connectivity index (χ1v) is 8.57. The van der Waals surface area contributed by atoms with E-state index in [0.717, 1.165) is 22.4 Å². The molecule has 7 heteroatoms. The van der Waals surface area contributed by atoms with Crippen molar-refractivity contribution in [1.82, 2.24) is 0 Å². The summed E-state index contributed by atoms with van der Waals surface area (Å²) in [6, 6.07) is 15.0. The highest BCUT2D eigenvalue weighted by molar-refractivity contribution is 6.85. The van der Waals surface area contributed by atoms with Crippen LogP contribution in [0, 0.1) is 0 Å². The second kappa shape index (κ2) is 9.94. The van der Waals surface area contributed by atoms with Crippen molar-refractivity contribution in [3.05, 3.63) is 70.2 Å². The van der Waals surface area contributed by atoms with Gasteiger partial charge < -0.3 is 9.68 Å². The van der Waals surface area contributed by atoms with Gasteiger partial charge in [0, 0.05) is 23.2 Å². The van der Waals surface area contributed by atoms with Crippen molar-refractivity contribution in [1.29, 1.82) is 0 Å². The molecule has 0 unspecified atom stereocenters. The second-order valence-corrected chi connectivity index (χ2v) is 6.05. The van der Waals surface area contributed by atoms with Gasteiger partial charge in [-0.25, -0.2) is 0 Å². The third-order valence-corrected chi connectivity index (χ3v) is 4.13. The van der Waals surface area contributed by atoms with Gasteiger partial charge in [-0.2, -0.15) is 0 Å². The molecule has 0 aliphatic carbocycles. The summed E-state index contributed by atoms with van der Waals surface area (Å²) in [5.74, 6) is 0. The zero-order chi connectivity index (χ0) is 18.9. The smallest absolute Gasteiger partial charge is 0.153 e. The van der Waals surface area contributed by atoms with Gasteiger partial charge in [0.05, 0.1) is 5.71 Å². The minimum Gasteiger partial charge on any atom is -0.399 e. The van der Waals surface area contributed by atoms with Crippen LogP contribution in [0.25, 0.3) is 0 Å². The van der Waals surface area contributed by atoms with Crippen LogP contribution in [0.5, 0.6) is 0 Å². The number of hydrogen-bond acceptors (Lipinski definition) is 5. The molecule has 0 aliphatic rings. The van der Waals surface area contributed by atoms with Crippen LogP contribution < -0.4 is 0 Å². The topological polar surface area (TPSA) is 55.5 Å². The third-order valence-electron chi connectivity index (χ3n) is 3.53. The molecule has 0 aliphatic heterocycles. The first kappa shape index (κ1) is 19.9. The van der Waals surface area contributed by atoms with Crippen LogP contribution in [0.3, 0.4) is 0 Å². The lowest BCUT2D eigenvalue weighted by atomic mass is 10.0. The molecule has 0 radical (unpaired) electrons. The SMILES string of the molecule is CN=C(Cl)C(=NOC)c1ccccc1CON=C(C)c1ccc(Cl)cc1. The number of hydrogen-bond donors (Lipinski definition) is 0. The Morgan fingerprint density at radius 3 is 2.38 bits per heavy atom. The molecular formula is C19H19Cl2N3O2. The Bertz CT molecular complexity index is 831. The van der Waals surface area contributed by atoms with Crippen molar-refractivity contribution >= 4 is 39.8 Å². The maximum atomic E-state index is 6.15. The number of halogens is 2. The second-order valence-electron chi connectivity index (χ2n) is 5.25. The normalized spacial score (nSPS) is 12.9. The Morgan fingerprint density at radius 1 is 1.04 bits per heavy atom. The van der Waals surface area contributed by atoms with Crippen LogP contribution in [0.15, 0.2) is 63.8 Å². The van der Waals surface area contributed by atoms with Crippen molar-refractivity contribution < 1.29 is 9.68 Å². The zero-order valence-corrected chi connectivity index (χ0v) is 16.3. The Kier molecular flexibility index (Phi) is 7.63. The van der Waals surface area contributed by atoms with E-state index in [1.807, 2.05) is 55.5 Å². The fourth-order valence-corrected chi connectivity index (χ4v) is 2.48. The molecule has 2 aromatic carbocycles. The van der Waals surface area contributed by atoms with Gasteiger partial charge in [0.1, 0.15) is 19.4 Å². The van der Waals surface area contributed by atoms with E-state index in [0.29, 0.717) is 10.7 Å². The molecule has 0 heterocycles. The standard InChI is InChI=1S/C19H19Cl2N3O2/c1-13(14-8-10-16(20)11-9-14)23-26-12-15-6-4-5-7-17(15)18(24-25-3)19(21)22-2/h4-11H,12H2,1-3H3. The van der Waals surface area contributed by atoms with Gasteiger partial charge >= 0.3 is 0 Å². The molecule has 0 fully saturated rings. The number of benzene rings is 2. The van der Waals surface area contributed by atoms with Gasteiger partial charge in [-0.1, -0.05) is 69.9 Å². The fraction of sp³-hybridized carbons (Fsp3) is 0.211. The summed E-state index contributed by atoms with van der Waals surface area (Å²) >= 11 is 12.1. The lowest BCUT2D eigenvalue weighted by Gasteiger charge is -2.10. The van der Waals surface area contributed by atoms with Gasteiger partial charge in [-0.3, -0.25) is 4.99 Å². The average molecular weight is 392 g/mol. The molecule has 2 aromatic rings. The van der Waals surface area contributed by atoms with Crippen molar-refractivity contribution in [2.75, 3.05) is 14.2 Å². The van der Waals surface area contributed by atoms with E-state index in [1.54, 1.807) is 7.05 Å². The van der Waals surface area contributed by atoms with Gasteiger partial charge in [0.2, 0.25) is 0 Å². The lowest BCUT2D eigenvalue weighted by molar-refractivity contribution is 0.130. The Hall–Kier alpha value is -2.37. The Balaban J connectivity index is 2.19. The molecule has 5 nitrogen and oxygen atoms in total. The van der Waals surface area contributed by atoms with Gasteiger partial charge in [-0.05, 0) is 24.6 Å². The van der Waals surface area contributed by atoms with Crippen LogP contribution >= 0.6 is 23.2 Å². The minimum atomic E-state index is 0.248. The summed E-state index contributed by atoms with van der Waals surface area (Å²) in [5, 5.41) is 9.07. The number of rotatable bonds is 7. The maximum Gasteiger partial charge on any atom is 0.153 e. The van der Waals surface area contributed by atoms with Gasteiger partial charge in [0.15, 0.2) is 5.17 Å². The van der Waals surface area contributed by atoms with E-state index in [1.165, 1.54) is 7.11 Å². The molecule has 0 saturated carbocycles. The molecular weight excluding hydrogens is 373 g/mol. The molecule has 0 bridgehead atoms. The van der Waals surface area contributed by atoms with E-state index >= 15 is 0 Å². The third kappa shape index (κ3) is 5.31.